The monoisotopic (exact) mass is 512 g/mol. The molecule has 0 spiro atoms. The molecule has 0 unspecified atom stereocenters. The molecule has 0 radical (unpaired) electrons. The topological polar surface area (TPSA) is 123 Å². The number of amides is 1. The van der Waals surface area contributed by atoms with Gasteiger partial charge in [0.2, 0.25) is 0 Å². The number of anilines is 1. The predicted octanol–water partition coefficient (Wildman–Crippen LogP) is 4.11. The maximum Gasteiger partial charge on any atom is 0.411 e. The Morgan fingerprint density at radius 2 is 1.89 bits per heavy atom. The van der Waals surface area contributed by atoms with E-state index in [-0.39, 0.29) is 30.1 Å². The zero-order valence-corrected chi connectivity index (χ0v) is 21.2. The first-order valence-electron chi connectivity index (χ1n) is 11.7. The fourth-order valence-electron chi connectivity index (χ4n) is 4.17. The lowest BCUT2D eigenvalue weighted by Gasteiger charge is -2.27. The molecule has 1 aromatic heterocycles. The van der Waals surface area contributed by atoms with Crippen molar-refractivity contribution in [3.05, 3.63) is 42.2 Å². The molecule has 1 aliphatic rings. The number of methoxy groups -OCH3 is 2. The van der Waals surface area contributed by atoms with Crippen molar-refractivity contribution in [2.24, 2.45) is 0 Å². The predicted molar refractivity (Wildman–Crippen MR) is 134 cm³/mol. The Morgan fingerprint density at radius 3 is 2.57 bits per heavy atom. The summed E-state index contributed by atoms with van der Waals surface area (Å²) >= 11 is 0. The first kappa shape index (κ1) is 25.9. The summed E-state index contributed by atoms with van der Waals surface area (Å²) < 4.78 is 29.7. The number of hydrogen-bond acceptors (Lipinski definition) is 9. The van der Waals surface area contributed by atoms with Gasteiger partial charge in [-0.1, -0.05) is 0 Å². The molecule has 2 heterocycles. The van der Waals surface area contributed by atoms with E-state index in [1.165, 1.54) is 25.2 Å². The average molecular weight is 513 g/mol. The Labute approximate surface area is 213 Å². The molecule has 1 amide bonds. The number of carbonyl (C=O) groups is 2. The maximum atomic E-state index is 14.0. The van der Waals surface area contributed by atoms with Crippen LogP contribution in [0.15, 0.2) is 36.4 Å². The number of hydrogen-bond donors (Lipinski definition) is 2. The molecule has 11 heteroatoms. The number of phenolic OH excluding ortho intramolecular Hbond substituents is 1. The quantitative estimate of drug-likeness (QED) is 0.486. The van der Waals surface area contributed by atoms with Crippen molar-refractivity contribution in [2.75, 3.05) is 26.1 Å². The molecule has 1 aliphatic heterocycles. The number of phenols is 1. The van der Waals surface area contributed by atoms with E-state index in [2.05, 4.69) is 15.3 Å². The van der Waals surface area contributed by atoms with Gasteiger partial charge in [-0.25, -0.2) is 23.9 Å². The van der Waals surface area contributed by atoms with E-state index < -0.39 is 35.6 Å². The van der Waals surface area contributed by atoms with Gasteiger partial charge in [0.05, 0.1) is 25.3 Å². The molecule has 196 valence electrons. The highest BCUT2D eigenvalue weighted by Gasteiger charge is 2.42. The molecule has 10 nitrogen and oxygen atoms in total. The maximum absolute atomic E-state index is 14.0. The van der Waals surface area contributed by atoms with Crippen molar-refractivity contribution >= 4 is 28.8 Å². The van der Waals surface area contributed by atoms with E-state index in [4.69, 9.17) is 14.2 Å². The molecule has 0 aliphatic carbocycles. The fraction of sp³-hybridized carbons (Fsp3) is 0.385. The minimum Gasteiger partial charge on any atom is -0.507 e. The zero-order valence-electron chi connectivity index (χ0n) is 21.2. The van der Waals surface area contributed by atoms with Crippen LogP contribution in [0.2, 0.25) is 0 Å². The molecule has 4 rings (SSSR count). The number of benzene rings is 2. The van der Waals surface area contributed by atoms with Gasteiger partial charge in [0, 0.05) is 30.5 Å². The summed E-state index contributed by atoms with van der Waals surface area (Å²) in [5.74, 6) is -0.275. The number of fused-ring (bicyclic) bond motifs is 1. The summed E-state index contributed by atoms with van der Waals surface area (Å²) in [6, 6.07) is 7.48. The number of likely N-dealkylation sites (tertiary alicyclic amines) is 1. The van der Waals surface area contributed by atoms with E-state index in [0.717, 1.165) is 12.1 Å². The molecule has 3 aromatic rings. The second kappa shape index (κ2) is 10.1. The largest absolute Gasteiger partial charge is 0.507 e. The third-order valence-electron chi connectivity index (χ3n) is 5.85. The molecule has 2 N–H and O–H groups in total. The molecule has 2 atom stereocenters. The summed E-state index contributed by atoms with van der Waals surface area (Å²) in [4.78, 5) is 35.7. The third kappa shape index (κ3) is 5.65. The summed E-state index contributed by atoms with van der Waals surface area (Å²) in [5, 5.41) is 14.3. The summed E-state index contributed by atoms with van der Waals surface area (Å²) in [6.45, 7) is 5.38. The number of carbonyl (C=O) groups excluding carboxylic acids is 2. The van der Waals surface area contributed by atoms with Crippen LogP contribution in [0, 0.1) is 5.82 Å². The first-order valence-corrected chi connectivity index (χ1v) is 11.7. The molecule has 1 fully saturated rings. The molecular formula is C26H29FN4O6. The minimum absolute atomic E-state index is 0.0896. The summed E-state index contributed by atoms with van der Waals surface area (Å²) in [5.41, 5.74) is -0.142. The van der Waals surface area contributed by atoms with Crippen LogP contribution < -0.4 is 10.1 Å². The number of nitrogens with one attached hydrogen (secondary N) is 1. The average Bonchev–Trinajstić information content (AvgIpc) is 3.27. The number of ether oxygens (including phenoxy) is 3. The zero-order chi connectivity index (χ0) is 26.9. The van der Waals surface area contributed by atoms with Gasteiger partial charge in [0.15, 0.2) is 5.82 Å². The number of nitrogens with zero attached hydrogens (tertiary/aromatic N) is 3. The number of halogens is 1. The van der Waals surface area contributed by atoms with Crippen LogP contribution in [0.25, 0.3) is 22.3 Å². The highest BCUT2D eigenvalue weighted by Crippen LogP contribution is 2.33. The summed E-state index contributed by atoms with van der Waals surface area (Å²) in [6.07, 6.45) is -0.386. The van der Waals surface area contributed by atoms with Crippen molar-refractivity contribution in [1.29, 1.82) is 0 Å². The van der Waals surface area contributed by atoms with Crippen molar-refractivity contribution < 1.29 is 33.3 Å². The fourth-order valence-corrected chi connectivity index (χ4v) is 4.17. The number of esters is 1. The van der Waals surface area contributed by atoms with Crippen molar-refractivity contribution in [3.63, 3.8) is 0 Å². The van der Waals surface area contributed by atoms with Gasteiger partial charge in [-0.3, -0.25) is 4.90 Å². The highest BCUT2D eigenvalue weighted by atomic mass is 19.1. The highest BCUT2D eigenvalue weighted by molar-refractivity contribution is 5.92. The van der Waals surface area contributed by atoms with Crippen LogP contribution in [0.3, 0.4) is 0 Å². The lowest BCUT2D eigenvalue weighted by molar-refractivity contribution is -0.145. The van der Waals surface area contributed by atoms with E-state index >= 15 is 0 Å². The molecule has 1 saturated heterocycles. The second-order valence-corrected chi connectivity index (χ2v) is 9.69. The van der Waals surface area contributed by atoms with Crippen molar-refractivity contribution in [2.45, 2.75) is 44.9 Å². The SMILES string of the molecule is COC(=O)[C@H]1C[C@H](Nc2nc(-c3cc(F)ccc3O)nc3cc(OC)ccc23)CN1C(=O)OC(C)(C)C. The Kier molecular flexibility index (Phi) is 7.06. The van der Waals surface area contributed by atoms with Crippen LogP contribution in [-0.4, -0.2) is 70.5 Å². The Hall–Kier alpha value is -4.15. The second-order valence-electron chi connectivity index (χ2n) is 9.69. The number of rotatable bonds is 5. The van der Waals surface area contributed by atoms with Gasteiger partial charge in [-0.2, -0.15) is 0 Å². The molecule has 0 bridgehead atoms. The molecular weight excluding hydrogens is 483 g/mol. The van der Waals surface area contributed by atoms with Gasteiger partial charge in [-0.05, 0) is 51.1 Å². The normalized spacial score (nSPS) is 17.5. The lowest BCUT2D eigenvalue weighted by Crippen LogP contribution is -2.44. The van der Waals surface area contributed by atoms with Gasteiger partial charge < -0.3 is 24.6 Å². The van der Waals surface area contributed by atoms with Crippen LogP contribution >= 0.6 is 0 Å². The standard InChI is InChI=1S/C26H29FN4O6/c1-26(2,3)37-25(34)31-13-15(11-20(31)24(33)36-5)28-22-17-8-7-16(35-4)12-19(17)29-23(30-22)18-10-14(27)6-9-21(18)32/h6-10,12,15,20,32H,11,13H2,1-5H3,(H,28,29,30)/t15-,20+/m0/s1. The van der Waals surface area contributed by atoms with Crippen LogP contribution in [0.5, 0.6) is 11.5 Å². The van der Waals surface area contributed by atoms with E-state index in [1.807, 2.05) is 0 Å². The van der Waals surface area contributed by atoms with E-state index in [0.29, 0.717) is 22.5 Å². The van der Waals surface area contributed by atoms with Crippen LogP contribution in [0.4, 0.5) is 15.0 Å². The van der Waals surface area contributed by atoms with Gasteiger partial charge in [0.1, 0.15) is 34.8 Å². The number of aromatic nitrogens is 2. The molecule has 0 saturated carbocycles. The lowest BCUT2D eigenvalue weighted by atomic mass is 10.1. The minimum atomic E-state index is -0.850. The third-order valence-corrected chi connectivity index (χ3v) is 5.85. The van der Waals surface area contributed by atoms with Crippen LogP contribution in [0.1, 0.15) is 27.2 Å². The van der Waals surface area contributed by atoms with Gasteiger partial charge in [-0.15, -0.1) is 0 Å². The van der Waals surface area contributed by atoms with E-state index in [1.54, 1.807) is 39.0 Å². The van der Waals surface area contributed by atoms with Crippen LogP contribution in [-0.2, 0) is 14.3 Å². The Balaban J connectivity index is 1.73. The van der Waals surface area contributed by atoms with Crippen molar-refractivity contribution in [1.82, 2.24) is 14.9 Å². The van der Waals surface area contributed by atoms with Gasteiger partial charge in [0.25, 0.3) is 0 Å². The molecule has 2 aromatic carbocycles. The Bertz CT molecular complexity index is 1340. The van der Waals surface area contributed by atoms with Crippen molar-refractivity contribution in [3.8, 4) is 22.9 Å². The summed E-state index contributed by atoms with van der Waals surface area (Å²) in [7, 11) is 2.79. The first-order chi connectivity index (χ1) is 17.5. The smallest absolute Gasteiger partial charge is 0.411 e. The molecule has 37 heavy (non-hydrogen) atoms. The number of aromatic hydroxyl groups is 1. The van der Waals surface area contributed by atoms with Gasteiger partial charge >= 0.3 is 12.1 Å². The Morgan fingerprint density at radius 1 is 1.14 bits per heavy atom. The van der Waals surface area contributed by atoms with E-state index in [9.17, 15) is 19.1 Å².